The molecule has 0 saturated carbocycles. The second-order valence-electron chi connectivity index (χ2n) is 3.90. The number of ether oxygens (including phenoxy) is 1. The summed E-state index contributed by atoms with van der Waals surface area (Å²) in [6.45, 7) is 3.08. The van der Waals surface area contributed by atoms with E-state index in [9.17, 15) is 4.79 Å². The first-order chi connectivity index (χ1) is 7.74. The number of nitrogens with zero attached hydrogens (tertiary/aromatic N) is 1. The van der Waals surface area contributed by atoms with Gasteiger partial charge in [-0.15, -0.1) is 0 Å². The van der Waals surface area contributed by atoms with Gasteiger partial charge in [0.2, 0.25) is 5.91 Å². The van der Waals surface area contributed by atoms with Crippen LogP contribution < -0.4 is 10.2 Å². The van der Waals surface area contributed by atoms with Gasteiger partial charge in [0.05, 0.1) is 18.4 Å². The third kappa shape index (κ3) is 1.96. The van der Waals surface area contributed by atoms with Gasteiger partial charge in [-0.3, -0.25) is 4.79 Å². The molecule has 2 atom stereocenters. The summed E-state index contributed by atoms with van der Waals surface area (Å²) in [5.41, 5.74) is 0.892. The van der Waals surface area contributed by atoms with Crippen molar-refractivity contribution in [2.75, 3.05) is 25.1 Å². The fourth-order valence-corrected chi connectivity index (χ4v) is 2.00. The predicted octanol–water partition coefficient (Wildman–Crippen LogP) is 0.354. The smallest absolute Gasteiger partial charge is 0.246 e. The zero-order valence-electron chi connectivity index (χ0n) is 9.56. The van der Waals surface area contributed by atoms with Crippen molar-refractivity contribution in [1.29, 1.82) is 0 Å². The summed E-state index contributed by atoms with van der Waals surface area (Å²) in [4.78, 5) is 17.0. The molecular weight excluding hydrogens is 206 g/mol. The molecule has 0 aromatic carbocycles. The van der Waals surface area contributed by atoms with Crippen molar-refractivity contribution in [3.63, 3.8) is 0 Å². The average molecular weight is 223 g/mol. The normalized spacial score (nSPS) is 26.9. The summed E-state index contributed by atoms with van der Waals surface area (Å²) >= 11 is 0. The number of H-pyrrole nitrogens is 1. The highest BCUT2D eigenvalue weighted by atomic mass is 16.5. The lowest BCUT2D eigenvalue weighted by atomic mass is 10.1. The van der Waals surface area contributed by atoms with E-state index in [-0.39, 0.29) is 18.1 Å². The lowest BCUT2D eigenvalue weighted by molar-refractivity contribution is -0.122. The number of hydrogen-bond donors (Lipinski definition) is 2. The van der Waals surface area contributed by atoms with Crippen LogP contribution in [0.25, 0.3) is 0 Å². The van der Waals surface area contributed by atoms with Crippen LogP contribution in [-0.2, 0) is 9.53 Å². The summed E-state index contributed by atoms with van der Waals surface area (Å²) < 4.78 is 5.57. The Labute approximate surface area is 94.8 Å². The molecule has 1 aromatic rings. The van der Waals surface area contributed by atoms with Crippen molar-refractivity contribution >= 4 is 11.6 Å². The Bertz CT molecular complexity index is 350. The second-order valence-corrected chi connectivity index (χ2v) is 3.90. The molecule has 0 radical (unpaired) electrons. The number of anilines is 1. The van der Waals surface area contributed by atoms with Gasteiger partial charge in [0.25, 0.3) is 0 Å². The van der Waals surface area contributed by atoms with Crippen LogP contribution in [0.3, 0.4) is 0 Å². The number of aromatic nitrogens is 1. The summed E-state index contributed by atoms with van der Waals surface area (Å²) in [5.74, 6) is 0.0621. The molecule has 0 bridgehead atoms. The molecule has 1 saturated heterocycles. The molecule has 0 spiro atoms. The van der Waals surface area contributed by atoms with Gasteiger partial charge in [0.15, 0.2) is 0 Å². The molecule has 16 heavy (non-hydrogen) atoms. The highest BCUT2D eigenvalue weighted by Gasteiger charge is 2.32. The maximum atomic E-state index is 12.3. The van der Waals surface area contributed by atoms with Crippen molar-refractivity contribution in [2.24, 2.45) is 0 Å². The van der Waals surface area contributed by atoms with Gasteiger partial charge in [-0.2, -0.15) is 0 Å². The van der Waals surface area contributed by atoms with E-state index in [1.165, 1.54) is 0 Å². The van der Waals surface area contributed by atoms with Crippen molar-refractivity contribution in [2.45, 2.75) is 19.1 Å². The fraction of sp³-hybridized carbons (Fsp3) is 0.545. The van der Waals surface area contributed by atoms with Crippen molar-refractivity contribution in [1.82, 2.24) is 10.3 Å². The number of aromatic amines is 1. The topological polar surface area (TPSA) is 57.4 Å². The Balaban J connectivity index is 2.23. The van der Waals surface area contributed by atoms with Crippen LogP contribution in [0.15, 0.2) is 18.5 Å². The molecular formula is C11H17N3O2. The van der Waals surface area contributed by atoms with Crippen LogP contribution in [0, 0.1) is 0 Å². The van der Waals surface area contributed by atoms with E-state index in [4.69, 9.17) is 4.74 Å². The molecule has 1 amide bonds. The molecule has 0 aliphatic carbocycles. The molecule has 1 aliphatic rings. The maximum absolute atomic E-state index is 12.3. The molecule has 1 aromatic heterocycles. The Hall–Kier alpha value is -1.33. The van der Waals surface area contributed by atoms with E-state index in [1.54, 1.807) is 11.9 Å². The zero-order valence-corrected chi connectivity index (χ0v) is 9.56. The first kappa shape index (κ1) is 11.2. The summed E-state index contributed by atoms with van der Waals surface area (Å²) in [7, 11) is 1.78. The molecule has 5 heteroatoms. The molecule has 2 rings (SSSR count). The highest BCUT2D eigenvalue weighted by Crippen LogP contribution is 2.17. The van der Waals surface area contributed by atoms with Crippen LogP contribution in [0.5, 0.6) is 0 Å². The Kier molecular flexibility index (Phi) is 3.26. The van der Waals surface area contributed by atoms with Gasteiger partial charge < -0.3 is 19.9 Å². The lowest BCUT2D eigenvalue weighted by Crippen LogP contribution is -2.49. The number of likely N-dealkylation sites (N-methyl/N-ethyl adjacent to an activating group) is 1. The molecule has 1 fully saturated rings. The third-order valence-electron chi connectivity index (χ3n) is 2.90. The SMILES string of the molecule is CNC1C(=O)N(c2cc[nH]c2)CCOC1C. The first-order valence-electron chi connectivity index (χ1n) is 5.47. The van der Waals surface area contributed by atoms with E-state index in [0.717, 1.165) is 5.69 Å². The Morgan fingerprint density at radius 2 is 2.44 bits per heavy atom. The number of rotatable bonds is 2. The van der Waals surface area contributed by atoms with Gasteiger partial charge in [-0.25, -0.2) is 0 Å². The van der Waals surface area contributed by atoms with E-state index >= 15 is 0 Å². The highest BCUT2D eigenvalue weighted by molar-refractivity contribution is 5.97. The predicted molar refractivity (Wildman–Crippen MR) is 61.4 cm³/mol. The summed E-state index contributed by atoms with van der Waals surface area (Å²) in [6.07, 6.45) is 3.54. The minimum absolute atomic E-state index is 0.0621. The Morgan fingerprint density at radius 1 is 1.62 bits per heavy atom. The Morgan fingerprint density at radius 3 is 3.06 bits per heavy atom. The minimum atomic E-state index is -0.280. The van der Waals surface area contributed by atoms with E-state index in [0.29, 0.717) is 13.2 Å². The van der Waals surface area contributed by atoms with Crippen LogP contribution in [-0.4, -0.2) is 43.2 Å². The zero-order chi connectivity index (χ0) is 11.5. The quantitative estimate of drug-likeness (QED) is 0.761. The molecule has 5 nitrogen and oxygen atoms in total. The van der Waals surface area contributed by atoms with Gasteiger partial charge in [-0.05, 0) is 20.0 Å². The van der Waals surface area contributed by atoms with Crippen LogP contribution in [0.1, 0.15) is 6.92 Å². The first-order valence-corrected chi connectivity index (χ1v) is 5.47. The lowest BCUT2D eigenvalue weighted by Gasteiger charge is -2.24. The van der Waals surface area contributed by atoms with Crippen molar-refractivity contribution in [3.8, 4) is 0 Å². The molecule has 88 valence electrons. The van der Waals surface area contributed by atoms with Crippen molar-refractivity contribution < 1.29 is 9.53 Å². The average Bonchev–Trinajstić information content (AvgIpc) is 2.74. The standard InChI is InChI=1S/C11H17N3O2/c1-8-10(12-2)11(15)14(5-6-16-8)9-3-4-13-7-9/h3-4,7-8,10,12-13H,5-6H2,1-2H3. The van der Waals surface area contributed by atoms with Crippen molar-refractivity contribution in [3.05, 3.63) is 18.5 Å². The van der Waals surface area contributed by atoms with E-state index < -0.39 is 0 Å². The fourth-order valence-electron chi connectivity index (χ4n) is 2.00. The van der Waals surface area contributed by atoms with Crippen LogP contribution in [0.2, 0.25) is 0 Å². The van der Waals surface area contributed by atoms with Crippen LogP contribution in [0.4, 0.5) is 5.69 Å². The summed E-state index contributed by atoms with van der Waals surface area (Å²) in [5, 5.41) is 3.01. The van der Waals surface area contributed by atoms with E-state index in [2.05, 4.69) is 10.3 Å². The number of nitrogens with one attached hydrogen (secondary N) is 2. The molecule has 1 aliphatic heterocycles. The minimum Gasteiger partial charge on any atom is -0.374 e. The number of hydrogen-bond acceptors (Lipinski definition) is 3. The van der Waals surface area contributed by atoms with Gasteiger partial charge in [0, 0.05) is 18.9 Å². The monoisotopic (exact) mass is 223 g/mol. The van der Waals surface area contributed by atoms with E-state index in [1.807, 2.05) is 25.4 Å². The number of carbonyl (C=O) groups excluding carboxylic acids is 1. The van der Waals surface area contributed by atoms with Crippen LogP contribution >= 0.6 is 0 Å². The van der Waals surface area contributed by atoms with Gasteiger partial charge in [0.1, 0.15) is 6.04 Å². The molecule has 2 N–H and O–H groups in total. The molecule has 2 unspecified atom stereocenters. The summed E-state index contributed by atoms with van der Waals surface area (Å²) in [6, 6.07) is 1.61. The second kappa shape index (κ2) is 4.67. The van der Waals surface area contributed by atoms with Gasteiger partial charge >= 0.3 is 0 Å². The third-order valence-corrected chi connectivity index (χ3v) is 2.90. The largest absolute Gasteiger partial charge is 0.374 e. The number of amides is 1. The maximum Gasteiger partial charge on any atom is 0.246 e. The molecule has 2 heterocycles. The van der Waals surface area contributed by atoms with Gasteiger partial charge in [-0.1, -0.05) is 0 Å². The number of carbonyl (C=O) groups is 1.